The first-order valence-corrected chi connectivity index (χ1v) is 7.61. The van der Waals surface area contributed by atoms with Crippen LogP contribution in [-0.4, -0.2) is 44.5 Å². The maximum absolute atomic E-state index is 9.37. The van der Waals surface area contributed by atoms with Crippen molar-refractivity contribution in [2.75, 3.05) is 7.11 Å². The molecule has 1 aliphatic carbocycles. The Kier molecular flexibility index (Phi) is 4.13. The Morgan fingerprint density at radius 1 is 1.43 bits per heavy atom. The molecular formula is C12H15BN4O3S. The van der Waals surface area contributed by atoms with Crippen LogP contribution in [0.15, 0.2) is 23.4 Å². The molecule has 9 heteroatoms. The van der Waals surface area contributed by atoms with Gasteiger partial charge in [0, 0.05) is 11.2 Å². The summed E-state index contributed by atoms with van der Waals surface area (Å²) in [5, 5.41) is 31.3. The van der Waals surface area contributed by atoms with Gasteiger partial charge in [0.05, 0.1) is 13.2 Å². The van der Waals surface area contributed by atoms with Gasteiger partial charge in [-0.1, -0.05) is 23.9 Å². The molecule has 1 heterocycles. The number of aromatic nitrogens is 4. The van der Waals surface area contributed by atoms with Crippen molar-refractivity contribution in [3.63, 3.8) is 0 Å². The normalized spacial score (nSPS) is 14.2. The van der Waals surface area contributed by atoms with Crippen LogP contribution in [0.2, 0.25) is 0 Å². The molecule has 0 amide bonds. The van der Waals surface area contributed by atoms with Gasteiger partial charge in [0.15, 0.2) is 0 Å². The van der Waals surface area contributed by atoms with E-state index in [9.17, 15) is 10.0 Å². The number of thioether (sulfide) groups is 1. The number of benzene rings is 1. The number of methoxy groups -OCH3 is 1. The number of nitrogens with zero attached hydrogens (tertiary/aromatic N) is 4. The minimum absolute atomic E-state index is 0.359. The maximum Gasteiger partial charge on any atom is 0.492 e. The number of tetrazole rings is 1. The lowest BCUT2D eigenvalue weighted by Crippen LogP contribution is -2.31. The summed E-state index contributed by atoms with van der Waals surface area (Å²) in [6.45, 7) is 0. The molecule has 110 valence electrons. The first-order valence-electron chi connectivity index (χ1n) is 6.62. The summed E-state index contributed by atoms with van der Waals surface area (Å²) in [7, 11) is -0.0546. The molecule has 0 atom stereocenters. The second-order valence-electron chi connectivity index (χ2n) is 4.88. The molecule has 1 aromatic carbocycles. The highest BCUT2D eigenvalue weighted by Crippen LogP contribution is 2.36. The zero-order valence-corrected chi connectivity index (χ0v) is 12.3. The van der Waals surface area contributed by atoms with Gasteiger partial charge in [-0.2, -0.15) is 0 Å². The molecule has 21 heavy (non-hydrogen) atoms. The highest BCUT2D eigenvalue weighted by Gasteiger charge is 2.28. The Morgan fingerprint density at radius 3 is 2.90 bits per heavy atom. The van der Waals surface area contributed by atoms with Gasteiger partial charge >= 0.3 is 7.12 Å². The number of rotatable bonds is 6. The van der Waals surface area contributed by atoms with Gasteiger partial charge in [-0.15, -0.1) is 5.10 Å². The fourth-order valence-electron chi connectivity index (χ4n) is 2.05. The van der Waals surface area contributed by atoms with E-state index in [0.717, 1.165) is 23.6 Å². The molecule has 0 radical (unpaired) electrons. The van der Waals surface area contributed by atoms with Crippen molar-refractivity contribution in [2.24, 2.45) is 0 Å². The lowest BCUT2D eigenvalue weighted by atomic mass is 9.79. The third kappa shape index (κ3) is 3.20. The van der Waals surface area contributed by atoms with Gasteiger partial charge in [-0.3, -0.25) is 0 Å². The molecule has 7 nitrogen and oxygen atoms in total. The molecule has 1 saturated carbocycles. The minimum Gasteiger partial charge on any atom is -0.497 e. The second-order valence-corrected chi connectivity index (χ2v) is 5.82. The SMILES string of the molecule is COc1ccc(CSc2nnnn2C2CC2)cc1B(O)O. The van der Waals surface area contributed by atoms with Gasteiger partial charge in [-0.25, -0.2) is 4.68 Å². The van der Waals surface area contributed by atoms with Gasteiger partial charge in [0.2, 0.25) is 5.16 Å². The average Bonchev–Trinajstić information content (AvgIpc) is 3.23. The molecule has 0 aliphatic heterocycles. The zero-order valence-electron chi connectivity index (χ0n) is 11.5. The van der Waals surface area contributed by atoms with E-state index in [2.05, 4.69) is 15.5 Å². The smallest absolute Gasteiger partial charge is 0.492 e. The summed E-state index contributed by atoms with van der Waals surface area (Å²) in [6, 6.07) is 5.78. The van der Waals surface area contributed by atoms with Gasteiger partial charge in [-0.05, 0) is 34.9 Å². The first kappa shape index (κ1) is 14.4. The Hall–Kier alpha value is -1.58. The van der Waals surface area contributed by atoms with Crippen LogP contribution in [0, 0.1) is 0 Å². The minimum atomic E-state index is -1.55. The topological polar surface area (TPSA) is 93.3 Å². The van der Waals surface area contributed by atoms with Gasteiger partial charge < -0.3 is 14.8 Å². The lowest BCUT2D eigenvalue weighted by molar-refractivity contribution is 0.403. The molecule has 2 N–H and O–H groups in total. The molecular weight excluding hydrogens is 291 g/mol. The van der Waals surface area contributed by atoms with Crippen LogP contribution < -0.4 is 10.2 Å². The van der Waals surface area contributed by atoms with Crippen molar-refractivity contribution >= 4 is 24.3 Å². The van der Waals surface area contributed by atoms with Crippen molar-refractivity contribution in [3.8, 4) is 5.75 Å². The predicted molar refractivity (Wildman–Crippen MR) is 78.5 cm³/mol. The largest absolute Gasteiger partial charge is 0.497 e. The molecule has 0 saturated heterocycles. The monoisotopic (exact) mass is 306 g/mol. The highest BCUT2D eigenvalue weighted by molar-refractivity contribution is 7.98. The highest BCUT2D eigenvalue weighted by atomic mass is 32.2. The lowest BCUT2D eigenvalue weighted by Gasteiger charge is -2.10. The maximum atomic E-state index is 9.37. The standard InChI is InChI=1S/C12H15BN4O3S/c1-20-11-5-2-8(6-10(11)13(18)19)7-21-12-14-15-16-17(12)9-3-4-9/h2,5-6,9,18-19H,3-4,7H2,1H3. The van der Waals surface area contributed by atoms with Crippen molar-refractivity contribution in [1.29, 1.82) is 0 Å². The van der Waals surface area contributed by atoms with Crippen molar-refractivity contribution < 1.29 is 14.8 Å². The number of ether oxygens (including phenoxy) is 1. The Bertz CT molecular complexity index is 633. The molecule has 1 aliphatic rings. The number of hydrogen-bond acceptors (Lipinski definition) is 7. The van der Waals surface area contributed by atoms with E-state index in [1.807, 2.05) is 10.7 Å². The van der Waals surface area contributed by atoms with Crippen LogP contribution in [0.3, 0.4) is 0 Å². The summed E-state index contributed by atoms with van der Waals surface area (Å²) in [5.74, 6) is 1.11. The Labute approximate surface area is 126 Å². The fraction of sp³-hybridized carbons (Fsp3) is 0.417. The van der Waals surface area contributed by atoms with E-state index >= 15 is 0 Å². The Morgan fingerprint density at radius 2 is 2.24 bits per heavy atom. The predicted octanol–water partition coefficient (Wildman–Crippen LogP) is -0.0113. The van der Waals surface area contributed by atoms with Crippen molar-refractivity contribution in [3.05, 3.63) is 23.8 Å². The molecule has 1 aromatic heterocycles. The zero-order chi connectivity index (χ0) is 14.8. The van der Waals surface area contributed by atoms with Crippen molar-refractivity contribution in [2.45, 2.75) is 29.8 Å². The second kappa shape index (κ2) is 6.04. The first-order chi connectivity index (χ1) is 10.2. The molecule has 0 bridgehead atoms. The van der Waals surface area contributed by atoms with Crippen molar-refractivity contribution in [1.82, 2.24) is 20.2 Å². The van der Waals surface area contributed by atoms with Crippen LogP contribution in [0.4, 0.5) is 0 Å². The average molecular weight is 306 g/mol. The van der Waals surface area contributed by atoms with Gasteiger partial charge in [0.25, 0.3) is 0 Å². The van der Waals surface area contributed by atoms with Crippen LogP contribution >= 0.6 is 11.8 Å². The van der Waals surface area contributed by atoms with E-state index in [1.54, 1.807) is 12.1 Å². The molecule has 0 unspecified atom stereocenters. The third-order valence-corrected chi connectivity index (χ3v) is 4.30. The summed E-state index contributed by atoms with van der Waals surface area (Å²) in [4.78, 5) is 0. The van der Waals surface area contributed by atoms with Gasteiger partial charge in [0.1, 0.15) is 5.75 Å². The van der Waals surface area contributed by atoms with E-state index in [0.29, 0.717) is 23.0 Å². The number of hydrogen-bond donors (Lipinski definition) is 2. The van der Waals surface area contributed by atoms with E-state index in [1.165, 1.54) is 18.9 Å². The summed E-state index contributed by atoms with van der Waals surface area (Å²) >= 11 is 1.53. The van der Waals surface area contributed by atoms with Crippen LogP contribution in [0.5, 0.6) is 5.75 Å². The van der Waals surface area contributed by atoms with E-state index < -0.39 is 7.12 Å². The third-order valence-electron chi connectivity index (χ3n) is 3.30. The van der Waals surface area contributed by atoms with E-state index in [-0.39, 0.29) is 0 Å². The summed E-state index contributed by atoms with van der Waals surface area (Å²) in [6.07, 6.45) is 2.25. The Balaban J connectivity index is 1.72. The van der Waals surface area contributed by atoms with Crippen LogP contribution in [0.1, 0.15) is 24.4 Å². The summed E-state index contributed by atoms with van der Waals surface area (Å²) < 4.78 is 6.96. The quantitative estimate of drug-likeness (QED) is 0.572. The summed E-state index contributed by atoms with van der Waals surface area (Å²) in [5.41, 5.74) is 1.31. The molecule has 2 aromatic rings. The molecule has 0 spiro atoms. The fourth-order valence-corrected chi connectivity index (χ4v) is 2.94. The van der Waals surface area contributed by atoms with E-state index in [4.69, 9.17) is 4.74 Å². The molecule has 3 rings (SSSR count). The molecule has 1 fully saturated rings. The van der Waals surface area contributed by atoms with Crippen LogP contribution in [-0.2, 0) is 5.75 Å². The van der Waals surface area contributed by atoms with Crippen LogP contribution in [0.25, 0.3) is 0 Å².